The van der Waals surface area contributed by atoms with Gasteiger partial charge in [0.15, 0.2) is 0 Å². The summed E-state index contributed by atoms with van der Waals surface area (Å²) in [6, 6.07) is 8.60. The van der Waals surface area contributed by atoms with Gasteiger partial charge in [-0.05, 0) is 41.5 Å². The van der Waals surface area contributed by atoms with Gasteiger partial charge >= 0.3 is 6.18 Å². The average Bonchev–Trinajstić information content (AvgIpc) is 2.36. The lowest BCUT2D eigenvalue weighted by molar-refractivity contribution is -0.137. The van der Waals surface area contributed by atoms with E-state index < -0.39 is 23.7 Å². The van der Waals surface area contributed by atoms with Crippen LogP contribution in [0.1, 0.15) is 22.8 Å². The maximum atomic E-state index is 13.2. The number of aliphatic hydroxyl groups excluding tert-OH is 1. The summed E-state index contributed by atoms with van der Waals surface area (Å²) < 4.78 is 51.6. The van der Waals surface area contributed by atoms with Gasteiger partial charge in [0.25, 0.3) is 0 Å². The molecule has 1 unspecified atom stereocenters. The molecule has 0 aliphatic carbocycles. The predicted octanol–water partition coefficient (Wildman–Crippen LogP) is 4.88. The van der Waals surface area contributed by atoms with Crippen LogP contribution in [0.5, 0.6) is 0 Å². The van der Waals surface area contributed by atoms with Crippen LogP contribution in [-0.4, -0.2) is 5.11 Å². The van der Waals surface area contributed by atoms with E-state index in [1.165, 1.54) is 24.3 Å². The first-order valence-electron chi connectivity index (χ1n) is 6.06. The molecule has 0 saturated carbocycles. The monoisotopic (exact) mass is 362 g/mol. The Bertz CT molecular complexity index is 620. The first kappa shape index (κ1) is 16.0. The predicted molar refractivity (Wildman–Crippen MR) is 74.2 cm³/mol. The fourth-order valence-electron chi connectivity index (χ4n) is 1.99. The fourth-order valence-corrected chi connectivity index (χ4v) is 2.50. The van der Waals surface area contributed by atoms with Gasteiger partial charge in [-0.1, -0.05) is 28.1 Å². The summed E-state index contributed by atoms with van der Waals surface area (Å²) in [5.74, 6) is -0.476. The number of alkyl halides is 3. The van der Waals surface area contributed by atoms with E-state index in [9.17, 15) is 22.7 Å². The van der Waals surface area contributed by atoms with Gasteiger partial charge in [0.2, 0.25) is 0 Å². The molecule has 0 heterocycles. The Balaban J connectivity index is 2.22. The van der Waals surface area contributed by atoms with Crippen LogP contribution in [0.15, 0.2) is 46.9 Å². The summed E-state index contributed by atoms with van der Waals surface area (Å²) in [7, 11) is 0. The first-order chi connectivity index (χ1) is 9.75. The molecule has 6 heteroatoms. The number of halogens is 5. The van der Waals surface area contributed by atoms with Crippen LogP contribution >= 0.6 is 15.9 Å². The highest BCUT2D eigenvalue weighted by atomic mass is 79.9. The van der Waals surface area contributed by atoms with Crippen LogP contribution in [0.4, 0.5) is 17.6 Å². The van der Waals surface area contributed by atoms with Crippen molar-refractivity contribution in [2.24, 2.45) is 0 Å². The number of benzene rings is 2. The molecule has 0 aliphatic rings. The van der Waals surface area contributed by atoms with Crippen LogP contribution in [0.25, 0.3) is 0 Å². The number of hydrogen-bond acceptors (Lipinski definition) is 1. The molecule has 112 valence electrons. The van der Waals surface area contributed by atoms with Gasteiger partial charge in [-0.3, -0.25) is 0 Å². The van der Waals surface area contributed by atoms with Crippen LogP contribution in [-0.2, 0) is 12.6 Å². The highest BCUT2D eigenvalue weighted by molar-refractivity contribution is 9.10. The Labute approximate surface area is 127 Å². The van der Waals surface area contributed by atoms with Crippen LogP contribution < -0.4 is 0 Å². The standard InChI is InChI=1S/C15H11BrF4O/c16-12-4-9(5-13(17)8-12)6-14(21)10-2-1-3-11(7-10)15(18,19)20/h1-5,7-8,14,21H,6H2. The molecule has 0 fully saturated rings. The van der Waals surface area contributed by atoms with E-state index >= 15 is 0 Å². The second-order valence-corrected chi connectivity index (χ2v) is 5.54. The highest BCUT2D eigenvalue weighted by Crippen LogP contribution is 2.31. The van der Waals surface area contributed by atoms with E-state index in [4.69, 9.17) is 0 Å². The van der Waals surface area contributed by atoms with E-state index in [0.29, 0.717) is 10.0 Å². The Hall–Kier alpha value is -1.40. The Morgan fingerprint density at radius 3 is 2.43 bits per heavy atom. The molecule has 0 radical (unpaired) electrons. The second kappa shape index (κ2) is 6.15. The zero-order chi connectivity index (χ0) is 15.6. The Morgan fingerprint density at radius 2 is 1.81 bits per heavy atom. The van der Waals surface area contributed by atoms with Gasteiger partial charge in [-0.25, -0.2) is 4.39 Å². The van der Waals surface area contributed by atoms with Gasteiger partial charge < -0.3 is 5.11 Å². The first-order valence-corrected chi connectivity index (χ1v) is 6.85. The largest absolute Gasteiger partial charge is 0.416 e. The molecule has 1 N–H and O–H groups in total. The minimum Gasteiger partial charge on any atom is -0.388 e. The third kappa shape index (κ3) is 4.28. The molecule has 0 saturated heterocycles. The third-order valence-corrected chi connectivity index (χ3v) is 3.41. The molecule has 0 spiro atoms. The van der Waals surface area contributed by atoms with Crippen molar-refractivity contribution in [2.75, 3.05) is 0 Å². The van der Waals surface area contributed by atoms with Crippen LogP contribution in [0.2, 0.25) is 0 Å². The van der Waals surface area contributed by atoms with Crippen molar-refractivity contribution >= 4 is 15.9 Å². The summed E-state index contributed by atoms with van der Waals surface area (Å²) in [4.78, 5) is 0. The van der Waals surface area contributed by atoms with E-state index in [2.05, 4.69) is 15.9 Å². The average molecular weight is 363 g/mol. The van der Waals surface area contributed by atoms with Crippen molar-refractivity contribution in [3.8, 4) is 0 Å². The zero-order valence-corrected chi connectivity index (χ0v) is 12.2. The molecule has 2 rings (SSSR count). The second-order valence-electron chi connectivity index (χ2n) is 4.62. The van der Waals surface area contributed by atoms with E-state index in [1.807, 2.05) is 0 Å². The zero-order valence-electron chi connectivity index (χ0n) is 10.7. The van der Waals surface area contributed by atoms with Gasteiger partial charge in [-0.15, -0.1) is 0 Å². The summed E-state index contributed by atoms with van der Waals surface area (Å²) in [5.41, 5.74) is -0.184. The molecule has 0 aliphatic heterocycles. The molecular weight excluding hydrogens is 352 g/mol. The Morgan fingerprint density at radius 1 is 1.10 bits per heavy atom. The topological polar surface area (TPSA) is 20.2 Å². The van der Waals surface area contributed by atoms with Gasteiger partial charge in [0.1, 0.15) is 5.82 Å². The van der Waals surface area contributed by atoms with Crippen molar-refractivity contribution < 1.29 is 22.7 Å². The van der Waals surface area contributed by atoms with E-state index in [1.54, 1.807) is 6.07 Å². The molecule has 0 aromatic heterocycles. The smallest absolute Gasteiger partial charge is 0.388 e. The molecule has 21 heavy (non-hydrogen) atoms. The van der Waals surface area contributed by atoms with E-state index in [-0.39, 0.29) is 12.0 Å². The van der Waals surface area contributed by atoms with Crippen molar-refractivity contribution in [1.29, 1.82) is 0 Å². The van der Waals surface area contributed by atoms with Crippen molar-refractivity contribution in [1.82, 2.24) is 0 Å². The summed E-state index contributed by atoms with van der Waals surface area (Å²) in [6.07, 6.45) is -5.57. The maximum absolute atomic E-state index is 13.2. The molecule has 0 bridgehead atoms. The lowest BCUT2D eigenvalue weighted by Gasteiger charge is -2.14. The van der Waals surface area contributed by atoms with Gasteiger partial charge in [0.05, 0.1) is 11.7 Å². The molecule has 2 aromatic rings. The summed E-state index contributed by atoms with van der Waals surface area (Å²) in [6.45, 7) is 0. The van der Waals surface area contributed by atoms with Crippen molar-refractivity contribution in [2.45, 2.75) is 18.7 Å². The van der Waals surface area contributed by atoms with Crippen molar-refractivity contribution in [3.63, 3.8) is 0 Å². The third-order valence-electron chi connectivity index (χ3n) is 2.95. The highest BCUT2D eigenvalue weighted by Gasteiger charge is 2.30. The minimum absolute atomic E-state index is 0.0255. The van der Waals surface area contributed by atoms with Gasteiger partial charge in [0, 0.05) is 10.9 Å². The van der Waals surface area contributed by atoms with Crippen LogP contribution in [0, 0.1) is 5.82 Å². The summed E-state index contributed by atoms with van der Waals surface area (Å²) in [5, 5.41) is 10.0. The molecule has 0 amide bonds. The molecular formula is C15H11BrF4O. The molecule has 1 nitrogen and oxygen atoms in total. The normalized spacial score (nSPS) is 13.2. The lowest BCUT2D eigenvalue weighted by atomic mass is 9.99. The fraction of sp³-hybridized carbons (Fsp3) is 0.200. The van der Waals surface area contributed by atoms with Crippen molar-refractivity contribution in [3.05, 3.63) is 69.4 Å². The number of aliphatic hydroxyl groups is 1. The van der Waals surface area contributed by atoms with Crippen LogP contribution in [0.3, 0.4) is 0 Å². The quantitative estimate of drug-likeness (QED) is 0.771. The van der Waals surface area contributed by atoms with Gasteiger partial charge in [-0.2, -0.15) is 13.2 Å². The number of rotatable bonds is 3. The number of hydrogen-bond donors (Lipinski definition) is 1. The maximum Gasteiger partial charge on any atom is 0.416 e. The SMILES string of the molecule is OC(Cc1cc(F)cc(Br)c1)c1cccc(C(F)(F)F)c1. The summed E-state index contributed by atoms with van der Waals surface area (Å²) >= 11 is 3.13. The molecule has 1 atom stereocenters. The lowest BCUT2D eigenvalue weighted by Crippen LogP contribution is -2.08. The minimum atomic E-state index is -4.46. The molecule has 2 aromatic carbocycles. The Kier molecular flexibility index (Phi) is 4.68. The van der Waals surface area contributed by atoms with E-state index in [0.717, 1.165) is 12.1 Å².